The lowest BCUT2D eigenvalue weighted by Gasteiger charge is -2.31. The molecule has 4 atom stereocenters. The van der Waals surface area contributed by atoms with Crippen molar-refractivity contribution >= 4 is 120 Å². The summed E-state index contributed by atoms with van der Waals surface area (Å²) in [5.41, 5.74) is 8.90. The number of hydrogen-bond acceptors (Lipinski definition) is 15. The molecule has 4 aromatic carbocycles. The number of H-pyrrole nitrogens is 1. The average Bonchev–Trinajstić information content (AvgIpc) is 1.80. The van der Waals surface area contributed by atoms with E-state index in [0.717, 1.165) is 46.5 Å². The zero-order valence-corrected chi connectivity index (χ0v) is 52.7. The largest absolute Gasteiger partial charge is 0.415 e. The Morgan fingerprint density at radius 2 is 1.43 bits per heavy atom. The maximum Gasteiger partial charge on any atom is 0.415 e. The average molecular weight is 1320 g/mol. The fourth-order valence-corrected chi connectivity index (χ4v) is 11.2. The van der Waals surface area contributed by atoms with Gasteiger partial charge in [-0.3, -0.25) is 53.4 Å². The summed E-state index contributed by atoms with van der Waals surface area (Å²) in [6, 6.07) is 19.8. The van der Waals surface area contributed by atoms with Crippen LogP contribution in [0.3, 0.4) is 0 Å². The third-order valence-corrected chi connectivity index (χ3v) is 16.4. The summed E-state index contributed by atoms with van der Waals surface area (Å²) < 4.78 is 11.7. The van der Waals surface area contributed by atoms with E-state index in [9.17, 15) is 52.7 Å². The van der Waals surface area contributed by atoms with E-state index in [2.05, 4.69) is 68.3 Å². The number of aromatic amines is 1. The zero-order valence-electron chi connectivity index (χ0n) is 51.1. The Morgan fingerprint density at radius 3 is 2.12 bits per heavy atom. The van der Waals surface area contributed by atoms with Gasteiger partial charge in [0.1, 0.15) is 17.5 Å². The number of urea groups is 1. The number of imide groups is 1. The number of rotatable bonds is 29. The van der Waals surface area contributed by atoms with Crippen LogP contribution in [0.5, 0.6) is 5.75 Å². The Labute approximate surface area is 533 Å². The van der Waals surface area contributed by atoms with Crippen LogP contribution < -0.4 is 57.9 Å². The third kappa shape index (κ3) is 18.4. The predicted octanol–water partition coefficient (Wildman–Crippen LogP) is 3.40. The van der Waals surface area contributed by atoms with Crippen LogP contribution in [-0.2, 0) is 38.3 Å². The lowest BCUT2D eigenvalue weighted by molar-refractivity contribution is -0.137. The number of aromatic nitrogens is 1. The summed E-state index contributed by atoms with van der Waals surface area (Å²) in [7, 11) is 2.01. The zero-order chi connectivity index (χ0) is 65.3. The third-order valence-electron chi connectivity index (χ3n) is 15.6. The van der Waals surface area contributed by atoms with Gasteiger partial charge in [0.25, 0.3) is 23.6 Å². The molecule has 27 nitrogen and oxygen atoms in total. The van der Waals surface area contributed by atoms with Gasteiger partial charge in [0.2, 0.25) is 29.5 Å². The number of nitrogens with one attached hydrogen (secondary N) is 9. The van der Waals surface area contributed by atoms with Crippen LogP contribution in [0.2, 0.25) is 0 Å². The number of ether oxygens (including phenoxy) is 2. The number of carbonyl (C=O) groups is 11. The number of primary amides is 1. The van der Waals surface area contributed by atoms with E-state index < -0.39 is 65.8 Å². The molecule has 5 aromatic rings. The van der Waals surface area contributed by atoms with E-state index in [1.54, 1.807) is 60.9 Å². The highest BCUT2D eigenvalue weighted by Crippen LogP contribution is 2.46. The first kappa shape index (κ1) is 67.7. The van der Waals surface area contributed by atoms with Crippen molar-refractivity contribution in [2.75, 3.05) is 107 Å². The predicted molar refractivity (Wildman–Crippen MR) is 343 cm³/mol. The minimum atomic E-state index is -1.11. The molecule has 11 N–H and O–H groups in total. The Morgan fingerprint density at radius 1 is 0.747 bits per heavy atom. The van der Waals surface area contributed by atoms with Gasteiger partial charge in [-0.1, -0.05) is 54.0 Å². The van der Waals surface area contributed by atoms with Crippen LogP contribution >= 0.6 is 15.9 Å². The number of alkyl halides is 1. The van der Waals surface area contributed by atoms with Crippen LogP contribution in [-0.4, -0.2) is 194 Å². The fraction of sp³-hybridized carbons (Fsp3) is 0.413. The first-order valence-electron chi connectivity index (χ1n) is 30.1. The van der Waals surface area contributed by atoms with Crippen molar-refractivity contribution in [2.45, 2.75) is 70.6 Å². The Hall–Kier alpha value is -9.25. The number of carbonyl (C=O) groups excluding carboxylic acids is 11. The molecule has 28 heteroatoms. The summed E-state index contributed by atoms with van der Waals surface area (Å²) in [5.74, 6) is -4.00. The highest BCUT2D eigenvalue weighted by molar-refractivity contribution is 9.09. The van der Waals surface area contributed by atoms with Crippen molar-refractivity contribution in [3.8, 4) is 5.75 Å². The standard InChI is InChI=1S/C63H77BrN14O13/c1-37(2)57(70-35-53(81)67-22-21-66-52(80)30-38(3)90-29-23-68-51(79)19-24-77-54(82)17-18-55(77)83)60(86)74-47(10-7-20-69-62(65)88)59(85)71-42-13-11-39(12-14-42)58(84)72-43-15-16-46-40(31-43)32-48(73-46)61(87)78-36-41(34-64)56-45-9-6-5-8-44(45)50(33-49(56)78)91-63(89)76-27-25-75(4)26-28-76/h5-6,8-9,11-18,31-33,37-38,41,47,57,70,73H,7,10,19-30,34-36H2,1-4H3,(H,66,80)(H,67,81)(H,68,79)(H,71,85)(H,72,84)(H,74,86)(H3,65,69,88)/t38-,41+,47-,57-/m0/s1. The minimum absolute atomic E-state index is 0.00782. The normalized spacial score (nSPS) is 15.7. The van der Waals surface area contributed by atoms with Gasteiger partial charge in [-0.05, 0) is 92.2 Å². The van der Waals surface area contributed by atoms with Gasteiger partial charge in [0.05, 0.1) is 37.4 Å². The lowest BCUT2D eigenvalue weighted by atomic mass is 9.95. The molecule has 1 saturated heterocycles. The smallest absolute Gasteiger partial charge is 0.409 e. The summed E-state index contributed by atoms with van der Waals surface area (Å²) in [6.07, 6.45) is 1.65. The summed E-state index contributed by atoms with van der Waals surface area (Å²) in [6.45, 7) is 8.42. The van der Waals surface area contributed by atoms with Gasteiger partial charge in [-0.25, -0.2) is 9.59 Å². The number of hydrogen-bond donors (Lipinski definition) is 10. The summed E-state index contributed by atoms with van der Waals surface area (Å²) in [4.78, 5) is 151. The number of halogens is 1. The molecule has 0 saturated carbocycles. The number of likely N-dealkylation sites (N-methyl/N-ethyl adjacent to an activating group) is 1. The molecular formula is C63H77BrN14O13. The second-order valence-electron chi connectivity index (χ2n) is 22.7. The molecule has 0 spiro atoms. The molecule has 12 amide bonds. The number of fused-ring (bicyclic) bond motifs is 4. The highest BCUT2D eigenvalue weighted by Gasteiger charge is 2.37. The van der Waals surface area contributed by atoms with Crippen molar-refractivity contribution in [3.05, 3.63) is 108 Å². The van der Waals surface area contributed by atoms with Crippen LogP contribution in [0, 0.1) is 5.92 Å². The van der Waals surface area contributed by atoms with E-state index in [-0.39, 0.29) is 107 Å². The number of amides is 12. The molecule has 3 aliphatic rings. The molecule has 8 rings (SSSR count). The SMILES string of the molecule is CC(C)[C@H](NCC(=O)NCCNC(=O)C[C@H](C)OCCNC(=O)CCN1C(=O)C=CC1=O)C(=O)N[C@@H](CCCNC(N)=O)C(=O)Nc1ccc(C(=O)Nc2ccc3[nH]c(C(=O)N4C[C@@H](CBr)c5c4cc(OC(=O)N4CCN(C)CC4)c4ccccc54)cc3c2)cc1. The van der Waals surface area contributed by atoms with E-state index in [4.69, 9.17) is 15.2 Å². The molecule has 91 heavy (non-hydrogen) atoms. The Bertz CT molecular complexity index is 3550. The number of piperazine rings is 1. The first-order chi connectivity index (χ1) is 43.6. The van der Waals surface area contributed by atoms with Crippen LogP contribution in [0.15, 0.2) is 91.0 Å². The number of nitrogens with zero attached hydrogens (tertiary/aromatic N) is 4. The van der Waals surface area contributed by atoms with Crippen molar-refractivity contribution in [1.82, 2.24) is 51.6 Å². The maximum atomic E-state index is 14.5. The lowest BCUT2D eigenvalue weighted by Crippen LogP contribution is -2.55. The summed E-state index contributed by atoms with van der Waals surface area (Å²) in [5, 5.41) is 24.8. The highest BCUT2D eigenvalue weighted by atomic mass is 79.9. The number of nitrogens with two attached hydrogens (primary N) is 1. The van der Waals surface area contributed by atoms with Gasteiger partial charge < -0.3 is 72.1 Å². The molecule has 1 aromatic heterocycles. The van der Waals surface area contributed by atoms with Gasteiger partial charge in [-0.2, -0.15) is 0 Å². The molecule has 0 aliphatic carbocycles. The molecule has 484 valence electrons. The van der Waals surface area contributed by atoms with Crippen LogP contribution in [0.1, 0.15) is 78.8 Å². The minimum Gasteiger partial charge on any atom is -0.409 e. The Kier molecular flexibility index (Phi) is 23.8. The molecular weight excluding hydrogens is 1240 g/mol. The molecule has 1 fully saturated rings. The maximum absolute atomic E-state index is 14.5. The van der Waals surface area contributed by atoms with Crippen molar-refractivity contribution in [2.24, 2.45) is 11.7 Å². The van der Waals surface area contributed by atoms with Gasteiger partial charge in [0.15, 0.2) is 0 Å². The van der Waals surface area contributed by atoms with Crippen LogP contribution in [0.25, 0.3) is 21.7 Å². The molecule has 0 bridgehead atoms. The Balaban J connectivity index is 0.798. The topological polar surface area (TPSA) is 357 Å². The van der Waals surface area contributed by atoms with Crippen molar-refractivity contribution in [1.29, 1.82) is 0 Å². The van der Waals surface area contributed by atoms with E-state index in [1.165, 1.54) is 24.3 Å². The van der Waals surface area contributed by atoms with Gasteiger partial charge in [-0.15, -0.1) is 0 Å². The molecule has 0 unspecified atom stereocenters. The second-order valence-corrected chi connectivity index (χ2v) is 23.4. The van der Waals surface area contributed by atoms with Gasteiger partial charge >= 0.3 is 12.1 Å². The first-order valence-corrected chi connectivity index (χ1v) is 31.2. The van der Waals surface area contributed by atoms with Gasteiger partial charge in [0, 0.05) is 135 Å². The quantitative estimate of drug-likeness (QED) is 0.0186. The van der Waals surface area contributed by atoms with E-state index in [1.807, 2.05) is 31.3 Å². The van der Waals surface area contributed by atoms with Crippen molar-refractivity contribution in [3.63, 3.8) is 0 Å². The molecule has 3 aliphatic heterocycles. The molecule has 4 heterocycles. The second kappa shape index (κ2) is 32.0. The number of anilines is 3. The van der Waals surface area contributed by atoms with E-state index >= 15 is 0 Å². The summed E-state index contributed by atoms with van der Waals surface area (Å²) >= 11 is 3.68. The number of benzene rings is 4. The molecule has 0 radical (unpaired) electrons. The van der Waals surface area contributed by atoms with E-state index in [0.29, 0.717) is 64.4 Å². The monoisotopic (exact) mass is 1320 g/mol. The fourth-order valence-electron chi connectivity index (χ4n) is 10.7. The van der Waals surface area contributed by atoms with Crippen molar-refractivity contribution < 1.29 is 62.2 Å². The van der Waals surface area contributed by atoms with Crippen LogP contribution in [0.4, 0.5) is 26.7 Å².